The minimum atomic E-state index is -1.24. The molecular weight excluding hydrogens is 367 g/mol. The van der Waals surface area contributed by atoms with Crippen molar-refractivity contribution < 1.29 is 0 Å². The molecule has 0 heterocycles. The van der Waals surface area contributed by atoms with Gasteiger partial charge in [0, 0.05) is 0 Å². The quantitative estimate of drug-likeness (QED) is 0.437. The van der Waals surface area contributed by atoms with Crippen molar-refractivity contribution in [3.8, 4) is 0 Å². The molecule has 22 heavy (non-hydrogen) atoms. The summed E-state index contributed by atoms with van der Waals surface area (Å²) >= 11 is -1.24. The van der Waals surface area contributed by atoms with Gasteiger partial charge in [-0.25, -0.2) is 0 Å². The third-order valence-corrected chi connectivity index (χ3v) is 18.6. The van der Waals surface area contributed by atoms with Gasteiger partial charge in [-0.15, -0.1) is 0 Å². The molecule has 0 unspecified atom stereocenters. The Morgan fingerprint density at radius 1 is 0.409 bits per heavy atom. The van der Waals surface area contributed by atoms with Crippen molar-refractivity contribution in [2.45, 2.75) is 109 Å². The van der Waals surface area contributed by atoms with Crippen molar-refractivity contribution in [2.75, 3.05) is 0 Å². The normalized spacial score (nSPS) is 26.2. The van der Waals surface area contributed by atoms with E-state index < -0.39 is 21.4 Å². The maximum atomic E-state index is 1.81. The summed E-state index contributed by atoms with van der Waals surface area (Å²) < 4.78 is 5.44. The molecule has 3 rings (SSSR count). The second-order valence-electron chi connectivity index (χ2n) is 9.09. The second-order valence-corrected chi connectivity index (χ2v) is 18.1. The molecule has 0 radical (unpaired) electrons. The fourth-order valence-corrected chi connectivity index (χ4v) is 19.7. The zero-order valence-corrected chi connectivity index (χ0v) is 18.3. The van der Waals surface area contributed by atoms with Gasteiger partial charge in [0.15, 0.2) is 0 Å². The predicted octanol–water partition coefficient (Wildman–Crippen LogP) is 7.22. The Hall–Kier alpha value is 0.870. The molecule has 0 aromatic rings. The molecule has 126 valence electrons. The van der Waals surface area contributed by atoms with E-state index in [4.69, 9.17) is 0 Å². The second kappa shape index (κ2) is 10.00. The molecule has 1 heteroatoms. The molecule has 0 nitrogen and oxygen atoms in total. The summed E-state index contributed by atoms with van der Waals surface area (Å²) in [6.45, 7) is 0. The third-order valence-electron chi connectivity index (χ3n) is 7.17. The zero-order chi connectivity index (χ0) is 15.0. The average molecular weight is 406 g/mol. The van der Waals surface area contributed by atoms with Gasteiger partial charge in [0.2, 0.25) is 0 Å². The first-order valence-electron chi connectivity index (χ1n) is 10.9. The first-order chi connectivity index (χ1) is 10.9. The summed E-state index contributed by atoms with van der Waals surface area (Å²) in [5.41, 5.74) is 0. The van der Waals surface area contributed by atoms with Crippen LogP contribution in [0.2, 0.25) is 12.5 Å². The molecule has 3 aliphatic carbocycles. The van der Waals surface area contributed by atoms with E-state index in [1.165, 1.54) is 17.8 Å². The van der Waals surface area contributed by atoms with Crippen LogP contribution in [0.5, 0.6) is 0 Å². The van der Waals surface area contributed by atoms with E-state index in [0.29, 0.717) is 0 Å². The van der Waals surface area contributed by atoms with Crippen molar-refractivity contribution in [1.29, 1.82) is 0 Å². The van der Waals surface area contributed by atoms with Crippen LogP contribution in [0.3, 0.4) is 0 Å². The average Bonchev–Trinajstić information content (AvgIpc) is 2.57. The molecule has 3 fully saturated rings. The Balaban J connectivity index is 1.50. The molecule has 0 aliphatic heterocycles. The number of hydrogen-bond acceptors (Lipinski definition) is 0. The summed E-state index contributed by atoms with van der Waals surface area (Å²) in [5.74, 6) is 3.59. The van der Waals surface area contributed by atoms with E-state index in [2.05, 4.69) is 0 Å². The molecule has 0 N–H and O–H groups in total. The van der Waals surface area contributed by atoms with Crippen LogP contribution in [0.15, 0.2) is 0 Å². The van der Waals surface area contributed by atoms with Gasteiger partial charge < -0.3 is 0 Å². The fraction of sp³-hybridized carbons (Fsp3) is 1.00. The summed E-state index contributed by atoms with van der Waals surface area (Å²) in [4.78, 5) is 0. The van der Waals surface area contributed by atoms with Crippen LogP contribution in [0.25, 0.3) is 0 Å². The Morgan fingerprint density at radius 2 is 0.682 bits per heavy atom. The van der Waals surface area contributed by atoms with Gasteiger partial charge >= 0.3 is 148 Å². The summed E-state index contributed by atoms with van der Waals surface area (Å²) in [5, 5.41) is 0. The van der Waals surface area contributed by atoms with E-state index in [1.807, 2.05) is 12.5 Å². The molecule has 0 bridgehead atoms. The summed E-state index contributed by atoms with van der Waals surface area (Å²) in [7, 11) is 0. The van der Waals surface area contributed by atoms with Gasteiger partial charge in [0.05, 0.1) is 0 Å². The van der Waals surface area contributed by atoms with Crippen LogP contribution in [-0.2, 0) is 0 Å². The molecule has 0 amide bonds. The molecule has 0 aromatic heterocycles. The van der Waals surface area contributed by atoms with Crippen LogP contribution in [0, 0.1) is 17.8 Å². The Morgan fingerprint density at radius 3 is 0.955 bits per heavy atom. The van der Waals surface area contributed by atoms with Gasteiger partial charge in [-0.05, 0) is 0 Å². The van der Waals surface area contributed by atoms with Crippen molar-refractivity contribution in [3.63, 3.8) is 0 Å². The van der Waals surface area contributed by atoms with Crippen LogP contribution >= 0.6 is 0 Å². The SMILES string of the molecule is C1CCC([CH2][In]([CH2]C2CCCCC2)[CH2]C2CCCCC2)CC1. The number of hydrogen-bond donors (Lipinski definition) is 0. The molecule has 0 spiro atoms. The van der Waals surface area contributed by atoms with E-state index in [1.54, 1.807) is 96.3 Å². The standard InChI is InChI=1S/3C7H13.In/c3*1-7-5-3-2-4-6-7;/h3*7H,1-6H2;. The van der Waals surface area contributed by atoms with E-state index in [9.17, 15) is 0 Å². The molecule has 3 saturated carbocycles. The molecule has 3 aliphatic rings. The van der Waals surface area contributed by atoms with Gasteiger partial charge in [-0.3, -0.25) is 0 Å². The third kappa shape index (κ3) is 6.06. The van der Waals surface area contributed by atoms with Crippen LogP contribution in [0.1, 0.15) is 96.3 Å². The van der Waals surface area contributed by atoms with Crippen LogP contribution in [0.4, 0.5) is 0 Å². The molecule has 0 atom stereocenters. The minimum absolute atomic E-state index is 1.20. The van der Waals surface area contributed by atoms with Gasteiger partial charge in [-0.2, -0.15) is 0 Å². The van der Waals surface area contributed by atoms with E-state index in [0.717, 1.165) is 0 Å². The van der Waals surface area contributed by atoms with Gasteiger partial charge in [0.1, 0.15) is 0 Å². The Labute approximate surface area is 147 Å². The van der Waals surface area contributed by atoms with E-state index >= 15 is 0 Å². The van der Waals surface area contributed by atoms with Gasteiger partial charge in [-0.1, -0.05) is 0 Å². The Kier molecular flexibility index (Phi) is 8.04. The molecule has 0 aromatic carbocycles. The predicted molar refractivity (Wildman–Crippen MR) is 99.9 cm³/mol. The molecular formula is C21H39In. The zero-order valence-electron chi connectivity index (χ0n) is 15.0. The summed E-state index contributed by atoms with van der Waals surface area (Å²) in [6, 6.07) is 0. The number of rotatable bonds is 6. The topological polar surface area (TPSA) is 0 Å². The first-order valence-corrected chi connectivity index (χ1v) is 17.9. The van der Waals surface area contributed by atoms with Crippen LogP contribution in [-0.4, -0.2) is 21.4 Å². The monoisotopic (exact) mass is 406 g/mol. The molecule has 0 saturated heterocycles. The van der Waals surface area contributed by atoms with Crippen molar-refractivity contribution in [2.24, 2.45) is 17.8 Å². The van der Waals surface area contributed by atoms with Crippen molar-refractivity contribution in [1.82, 2.24) is 0 Å². The van der Waals surface area contributed by atoms with Gasteiger partial charge in [0.25, 0.3) is 0 Å². The first kappa shape index (κ1) is 17.7. The maximum absolute atomic E-state index is 1.81. The van der Waals surface area contributed by atoms with E-state index in [-0.39, 0.29) is 0 Å². The summed E-state index contributed by atoms with van der Waals surface area (Å²) in [6.07, 6.45) is 23.7. The fourth-order valence-electron chi connectivity index (χ4n) is 5.97. The van der Waals surface area contributed by atoms with Crippen molar-refractivity contribution >= 4 is 21.4 Å². The van der Waals surface area contributed by atoms with Crippen LogP contribution < -0.4 is 0 Å². The van der Waals surface area contributed by atoms with Crippen molar-refractivity contribution in [3.05, 3.63) is 0 Å². The Bertz CT molecular complexity index is 235.